The van der Waals surface area contributed by atoms with Crippen molar-refractivity contribution in [2.24, 2.45) is 5.73 Å². The third-order valence-electron chi connectivity index (χ3n) is 4.41. The number of methoxy groups -OCH3 is 1. The van der Waals surface area contributed by atoms with Crippen molar-refractivity contribution in [1.82, 2.24) is 4.31 Å². The van der Waals surface area contributed by atoms with Crippen molar-refractivity contribution in [3.8, 4) is 5.75 Å². The second-order valence-electron chi connectivity index (χ2n) is 6.28. The summed E-state index contributed by atoms with van der Waals surface area (Å²) in [4.78, 5) is 23.2. The van der Waals surface area contributed by atoms with E-state index in [2.05, 4.69) is 0 Å². The van der Waals surface area contributed by atoms with Gasteiger partial charge in [0, 0.05) is 12.6 Å². The first-order chi connectivity index (χ1) is 12.2. The van der Waals surface area contributed by atoms with Crippen LogP contribution in [0.1, 0.15) is 43.5 Å². The molecule has 1 aliphatic rings. The van der Waals surface area contributed by atoms with E-state index in [0.717, 1.165) is 19.3 Å². The van der Waals surface area contributed by atoms with Gasteiger partial charge in [-0.15, -0.1) is 0 Å². The van der Waals surface area contributed by atoms with Crippen molar-refractivity contribution in [3.63, 3.8) is 0 Å². The highest BCUT2D eigenvalue weighted by molar-refractivity contribution is 7.89. The van der Waals surface area contributed by atoms with Crippen molar-refractivity contribution in [2.75, 3.05) is 13.7 Å². The number of primary amides is 1. The van der Waals surface area contributed by atoms with Gasteiger partial charge in [0.05, 0.1) is 12.7 Å². The highest BCUT2D eigenvalue weighted by Crippen LogP contribution is 2.31. The Bertz CT molecular complexity index is 792. The largest absolute Gasteiger partial charge is 0.495 e. The number of ether oxygens (including phenoxy) is 2. The highest BCUT2D eigenvalue weighted by Gasteiger charge is 2.33. The molecule has 9 heteroatoms. The van der Waals surface area contributed by atoms with Crippen molar-refractivity contribution < 1.29 is 27.5 Å². The van der Waals surface area contributed by atoms with Crippen LogP contribution in [0.3, 0.4) is 0 Å². The average Bonchev–Trinajstić information content (AvgIpc) is 2.61. The minimum absolute atomic E-state index is 0.00198. The summed E-state index contributed by atoms with van der Waals surface area (Å²) in [7, 11) is -2.48. The van der Waals surface area contributed by atoms with Crippen LogP contribution in [0.5, 0.6) is 5.75 Å². The number of nitrogens with two attached hydrogens (primary N) is 1. The van der Waals surface area contributed by atoms with Gasteiger partial charge in [0.1, 0.15) is 10.6 Å². The molecule has 1 fully saturated rings. The SMILES string of the molecule is COc1ccc(C(=O)OC(C)C(N)=O)cc1S(=O)(=O)N1CCCCC1C. The molecule has 2 unspecified atom stereocenters. The highest BCUT2D eigenvalue weighted by atomic mass is 32.2. The number of hydrogen-bond acceptors (Lipinski definition) is 6. The fourth-order valence-corrected chi connectivity index (χ4v) is 4.73. The van der Waals surface area contributed by atoms with Gasteiger partial charge in [0.25, 0.3) is 5.91 Å². The van der Waals surface area contributed by atoms with Crippen LogP contribution < -0.4 is 10.5 Å². The zero-order valence-corrected chi connectivity index (χ0v) is 15.9. The molecule has 1 aromatic carbocycles. The van der Waals surface area contributed by atoms with Crippen LogP contribution in [-0.2, 0) is 19.6 Å². The Morgan fingerprint density at radius 3 is 2.58 bits per heavy atom. The van der Waals surface area contributed by atoms with Gasteiger partial charge < -0.3 is 15.2 Å². The van der Waals surface area contributed by atoms with Gasteiger partial charge in [-0.2, -0.15) is 4.31 Å². The van der Waals surface area contributed by atoms with Gasteiger partial charge in [0.2, 0.25) is 10.0 Å². The Hall–Kier alpha value is -2.13. The monoisotopic (exact) mass is 384 g/mol. The third kappa shape index (κ3) is 4.16. The lowest BCUT2D eigenvalue weighted by atomic mass is 10.1. The molecule has 8 nitrogen and oxygen atoms in total. The van der Waals surface area contributed by atoms with Crippen molar-refractivity contribution in [3.05, 3.63) is 23.8 Å². The smallest absolute Gasteiger partial charge is 0.338 e. The molecule has 0 spiro atoms. The molecule has 0 aliphatic carbocycles. The Labute approximate surface area is 153 Å². The van der Waals surface area contributed by atoms with Gasteiger partial charge in [-0.05, 0) is 44.9 Å². The molecule has 0 bridgehead atoms. The van der Waals surface area contributed by atoms with E-state index in [1.54, 1.807) is 0 Å². The topological polar surface area (TPSA) is 116 Å². The predicted octanol–water partition coefficient (Wildman–Crippen LogP) is 1.29. The number of hydrogen-bond donors (Lipinski definition) is 1. The zero-order chi connectivity index (χ0) is 19.5. The average molecular weight is 384 g/mol. The maximum absolute atomic E-state index is 13.1. The lowest BCUT2D eigenvalue weighted by Gasteiger charge is -2.32. The molecule has 1 saturated heterocycles. The van der Waals surface area contributed by atoms with E-state index < -0.39 is 28.0 Å². The first-order valence-corrected chi connectivity index (χ1v) is 9.82. The molecule has 0 aromatic heterocycles. The Kier molecular flexibility index (Phi) is 6.25. The number of rotatable bonds is 6. The Morgan fingerprint density at radius 2 is 2.00 bits per heavy atom. The second kappa shape index (κ2) is 8.05. The Balaban J connectivity index is 2.41. The number of carbonyl (C=O) groups excluding carboxylic acids is 2. The minimum atomic E-state index is -3.85. The van der Waals surface area contributed by atoms with Crippen LogP contribution in [-0.4, -0.2) is 50.4 Å². The van der Waals surface area contributed by atoms with Gasteiger partial charge in [-0.3, -0.25) is 4.79 Å². The molecule has 26 heavy (non-hydrogen) atoms. The molecule has 144 valence electrons. The molecule has 2 atom stereocenters. The molecular formula is C17H24N2O6S. The van der Waals surface area contributed by atoms with Crippen LogP contribution in [0.25, 0.3) is 0 Å². The number of piperidine rings is 1. The fraction of sp³-hybridized carbons (Fsp3) is 0.529. The van der Waals surface area contributed by atoms with E-state index in [-0.39, 0.29) is 22.3 Å². The molecule has 0 saturated carbocycles. The van der Waals surface area contributed by atoms with Gasteiger partial charge in [-0.1, -0.05) is 6.42 Å². The van der Waals surface area contributed by atoms with E-state index in [0.29, 0.717) is 6.54 Å². The molecular weight excluding hydrogens is 360 g/mol. The van der Waals surface area contributed by atoms with Crippen LogP contribution in [0, 0.1) is 0 Å². The number of carbonyl (C=O) groups is 2. The summed E-state index contributed by atoms with van der Waals surface area (Å²) in [6, 6.07) is 3.86. The Morgan fingerprint density at radius 1 is 1.31 bits per heavy atom. The molecule has 2 N–H and O–H groups in total. The summed E-state index contributed by atoms with van der Waals surface area (Å²) in [5.41, 5.74) is 5.08. The minimum Gasteiger partial charge on any atom is -0.495 e. The molecule has 1 amide bonds. The lowest BCUT2D eigenvalue weighted by molar-refractivity contribution is -0.125. The predicted molar refractivity (Wildman–Crippen MR) is 94.3 cm³/mol. The van der Waals surface area contributed by atoms with Gasteiger partial charge in [-0.25, -0.2) is 13.2 Å². The molecule has 0 radical (unpaired) electrons. The van der Waals surface area contributed by atoms with Crippen LogP contribution in [0.2, 0.25) is 0 Å². The van der Waals surface area contributed by atoms with E-state index in [1.165, 1.54) is 36.5 Å². The number of esters is 1. The summed E-state index contributed by atoms with van der Waals surface area (Å²) >= 11 is 0. The summed E-state index contributed by atoms with van der Waals surface area (Å²) in [5, 5.41) is 0. The van der Waals surface area contributed by atoms with Gasteiger partial charge in [0.15, 0.2) is 6.10 Å². The lowest BCUT2D eigenvalue weighted by Crippen LogP contribution is -2.42. The van der Waals surface area contributed by atoms with E-state index in [1.807, 2.05) is 6.92 Å². The molecule has 2 rings (SSSR count). The summed E-state index contributed by atoms with van der Waals surface area (Å²) < 4.78 is 37.8. The van der Waals surface area contributed by atoms with Crippen LogP contribution in [0.4, 0.5) is 0 Å². The summed E-state index contributed by atoms with van der Waals surface area (Å²) in [6.45, 7) is 3.62. The third-order valence-corrected chi connectivity index (χ3v) is 6.45. The van der Waals surface area contributed by atoms with Crippen molar-refractivity contribution >= 4 is 21.9 Å². The fourth-order valence-electron chi connectivity index (χ4n) is 2.85. The number of sulfonamides is 1. The standard InChI is InChI=1S/C17H24N2O6S/c1-11-6-4-5-9-19(11)26(22,23)15-10-13(7-8-14(15)24-3)17(21)25-12(2)16(18)20/h7-8,10-12H,4-6,9H2,1-3H3,(H2,18,20). The number of benzene rings is 1. The zero-order valence-electron chi connectivity index (χ0n) is 15.1. The second-order valence-corrected chi connectivity index (χ2v) is 8.14. The summed E-state index contributed by atoms with van der Waals surface area (Å²) in [6.07, 6.45) is 1.41. The normalized spacial score (nSPS) is 19.6. The van der Waals surface area contributed by atoms with E-state index in [4.69, 9.17) is 15.2 Å². The van der Waals surface area contributed by atoms with E-state index in [9.17, 15) is 18.0 Å². The quantitative estimate of drug-likeness (QED) is 0.739. The molecule has 1 heterocycles. The van der Waals surface area contributed by atoms with Gasteiger partial charge >= 0.3 is 5.97 Å². The maximum atomic E-state index is 13.1. The van der Waals surface area contributed by atoms with Crippen LogP contribution in [0.15, 0.2) is 23.1 Å². The number of nitrogens with zero attached hydrogens (tertiary/aromatic N) is 1. The number of amides is 1. The van der Waals surface area contributed by atoms with Crippen molar-refractivity contribution in [1.29, 1.82) is 0 Å². The van der Waals surface area contributed by atoms with Crippen molar-refractivity contribution in [2.45, 2.75) is 50.2 Å². The summed E-state index contributed by atoms with van der Waals surface area (Å²) in [5.74, 6) is -1.48. The molecule has 1 aromatic rings. The first-order valence-electron chi connectivity index (χ1n) is 8.38. The maximum Gasteiger partial charge on any atom is 0.338 e. The van der Waals surface area contributed by atoms with E-state index >= 15 is 0 Å². The first kappa shape index (κ1) is 20.2. The molecule has 1 aliphatic heterocycles. The van der Waals surface area contributed by atoms with Crippen LogP contribution >= 0.6 is 0 Å².